The second-order valence-electron chi connectivity index (χ2n) is 8.17. The third-order valence-corrected chi connectivity index (χ3v) is 6.95. The lowest BCUT2D eigenvalue weighted by Gasteiger charge is -2.49. The van der Waals surface area contributed by atoms with Gasteiger partial charge in [0.1, 0.15) is 29.9 Å². The van der Waals surface area contributed by atoms with Crippen LogP contribution in [0.5, 0.6) is 0 Å². The van der Waals surface area contributed by atoms with Crippen molar-refractivity contribution in [1.29, 1.82) is 0 Å². The number of allylic oxidation sites excluding steroid dienone is 1. The van der Waals surface area contributed by atoms with Crippen LogP contribution in [-0.4, -0.2) is 76.2 Å². The zero-order valence-electron chi connectivity index (χ0n) is 20.8. The van der Waals surface area contributed by atoms with E-state index in [2.05, 4.69) is 22.0 Å². The number of thioether (sulfide) groups is 1. The van der Waals surface area contributed by atoms with E-state index in [1.807, 2.05) is 0 Å². The maximum Gasteiger partial charge on any atom is 0.511 e. The third kappa shape index (κ3) is 6.22. The highest BCUT2D eigenvalue weighted by Gasteiger charge is 2.55. The highest BCUT2D eigenvalue weighted by atomic mass is 32.2. The Balaban J connectivity index is 1.76. The summed E-state index contributed by atoms with van der Waals surface area (Å²) in [6.45, 7) is 10.2. The van der Waals surface area contributed by atoms with Crippen molar-refractivity contribution in [3.05, 3.63) is 34.5 Å². The summed E-state index contributed by atoms with van der Waals surface area (Å²) < 4.78 is 15.1. The number of β-lactam (4-membered cyclic amide) rings is 1. The summed E-state index contributed by atoms with van der Waals surface area (Å²) in [5.41, 5.74) is 6.72. The summed E-state index contributed by atoms with van der Waals surface area (Å²) in [5, 5.41) is 7.51. The number of fused-ring (bicyclic) bond motifs is 1. The minimum atomic E-state index is -1.28. The van der Waals surface area contributed by atoms with Gasteiger partial charge in [0.15, 0.2) is 10.8 Å². The minimum Gasteiger partial charge on any atom is -0.431 e. The van der Waals surface area contributed by atoms with E-state index < -0.39 is 47.7 Å². The van der Waals surface area contributed by atoms with Crippen molar-refractivity contribution in [2.75, 3.05) is 18.6 Å². The van der Waals surface area contributed by atoms with Crippen LogP contribution in [0.2, 0.25) is 0 Å². The standard InChI is InChI=1S/C22H27N5O8S2/c1-9(2)12-7-36-19-15(25-17(28)14(26-32-6)13-8-37-21(23)24-13)18(29)27(19)16(12)20(30)34-11(5)35-22(31)33-10(3)4/h8,10-11,15,19H,1,7H2,2-6H3,(H2,23,24)(H,25,28)/b26-14-/t11-,15-,19-/m1/s1. The SMILES string of the molecule is C=C(C)C1=C(C(=O)O[C@@H](C)OC(=O)OC(C)C)N2C(=O)[C@@H](NC(=O)/C(=N\OC)c3csc(N)n3)[C@H]2SC1. The van der Waals surface area contributed by atoms with Gasteiger partial charge in [-0.25, -0.2) is 14.6 Å². The van der Waals surface area contributed by atoms with Crippen molar-refractivity contribution >= 4 is 57.9 Å². The molecule has 3 heterocycles. The lowest BCUT2D eigenvalue weighted by atomic mass is 10.00. The number of ether oxygens (including phenoxy) is 3. The number of nitrogens with two attached hydrogens (primary N) is 1. The van der Waals surface area contributed by atoms with Gasteiger partial charge in [-0.1, -0.05) is 17.3 Å². The Labute approximate surface area is 221 Å². The summed E-state index contributed by atoms with van der Waals surface area (Å²) in [6, 6.07) is -0.959. The fraction of sp³-hybridized carbons (Fsp3) is 0.455. The number of nitrogens with zero attached hydrogens (tertiary/aromatic N) is 3. The van der Waals surface area contributed by atoms with Crippen LogP contribution >= 0.6 is 23.1 Å². The van der Waals surface area contributed by atoms with Gasteiger partial charge >= 0.3 is 12.1 Å². The minimum absolute atomic E-state index is 0.0301. The van der Waals surface area contributed by atoms with Gasteiger partial charge in [0.2, 0.25) is 6.29 Å². The van der Waals surface area contributed by atoms with Crippen LogP contribution in [0.4, 0.5) is 9.93 Å². The molecule has 0 radical (unpaired) electrons. The molecule has 0 aliphatic carbocycles. The van der Waals surface area contributed by atoms with E-state index in [1.54, 1.807) is 20.8 Å². The van der Waals surface area contributed by atoms with E-state index in [0.717, 1.165) is 11.3 Å². The molecule has 0 bridgehead atoms. The van der Waals surface area contributed by atoms with Gasteiger partial charge in [-0.3, -0.25) is 14.5 Å². The molecule has 0 saturated carbocycles. The number of oxime groups is 1. The average molecular weight is 554 g/mol. The molecule has 2 aliphatic rings. The topological polar surface area (TPSA) is 172 Å². The number of hydrogen-bond donors (Lipinski definition) is 2. The fourth-order valence-corrected chi connectivity index (χ4v) is 5.43. The van der Waals surface area contributed by atoms with Gasteiger partial charge in [0.25, 0.3) is 11.8 Å². The first kappa shape index (κ1) is 28.0. The Morgan fingerprint density at radius 1 is 1.27 bits per heavy atom. The van der Waals surface area contributed by atoms with Gasteiger partial charge in [0.05, 0.1) is 6.10 Å². The number of aromatic nitrogens is 1. The molecule has 0 unspecified atom stereocenters. The summed E-state index contributed by atoms with van der Waals surface area (Å²) in [5.74, 6) is -1.80. The van der Waals surface area contributed by atoms with Crippen molar-refractivity contribution in [2.24, 2.45) is 5.16 Å². The van der Waals surface area contributed by atoms with E-state index in [-0.39, 0.29) is 22.2 Å². The number of hydrogen-bond acceptors (Lipinski definition) is 13. The van der Waals surface area contributed by atoms with E-state index in [1.165, 1.54) is 36.1 Å². The lowest BCUT2D eigenvalue weighted by molar-refractivity contribution is -0.169. The molecule has 3 atom stereocenters. The molecule has 1 aromatic rings. The normalized spacial score (nSPS) is 20.0. The number of carbonyl (C=O) groups excluding carboxylic acids is 4. The summed E-state index contributed by atoms with van der Waals surface area (Å²) >= 11 is 2.46. The number of carbonyl (C=O) groups is 4. The van der Waals surface area contributed by atoms with Gasteiger partial charge in [-0.2, -0.15) is 0 Å². The zero-order chi connectivity index (χ0) is 27.4. The molecular weight excluding hydrogens is 526 g/mol. The Hall–Kier alpha value is -3.59. The van der Waals surface area contributed by atoms with E-state index in [4.69, 9.17) is 24.8 Å². The zero-order valence-corrected chi connectivity index (χ0v) is 22.4. The predicted octanol–water partition coefficient (Wildman–Crippen LogP) is 1.76. The van der Waals surface area contributed by atoms with Crippen LogP contribution < -0.4 is 11.1 Å². The molecule has 2 aliphatic heterocycles. The summed E-state index contributed by atoms with van der Waals surface area (Å²) in [4.78, 5) is 60.9. The number of thiazole rings is 1. The van der Waals surface area contributed by atoms with Crippen molar-refractivity contribution in [3.8, 4) is 0 Å². The Morgan fingerprint density at radius 3 is 2.54 bits per heavy atom. The van der Waals surface area contributed by atoms with Crippen molar-refractivity contribution in [2.45, 2.75) is 51.5 Å². The molecule has 2 amide bonds. The maximum atomic E-state index is 13.1. The number of anilines is 1. The van der Waals surface area contributed by atoms with Crippen molar-refractivity contribution in [1.82, 2.24) is 15.2 Å². The second kappa shape index (κ2) is 11.6. The van der Waals surface area contributed by atoms with Crippen LogP contribution in [0.15, 0.2) is 34.0 Å². The first-order chi connectivity index (χ1) is 17.4. The highest BCUT2D eigenvalue weighted by molar-refractivity contribution is 8.00. The monoisotopic (exact) mass is 553 g/mol. The number of esters is 1. The Kier molecular flexibility index (Phi) is 8.81. The maximum absolute atomic E-state index is 13.1. The molecule has 15 heteroatoms. The predicted molar refractivity (Wildman–Crippen MR) is 135 cm³/mol. The van der Waals surface area contributed by atoms with E-state index in [0.29, 0.717) is 16.9 Å². The van der Waals surface area contributed by atoms with Gasteiger partial charge < -0.3 is 30.1 Å². The van der Waals surface area contributed by atoms with Crippen LogP contribution in [0.1, 0.15) is 33.4 Å². The number of nitrogens with one attached hydrogen (secondary N) is 1. The van der Waals surface area contributed by atoms with Gasteiger partial charge in [-0.15, -0.1) is 23.1 Å². The van der Waals surface area contributed by atoms with Gasteiger partial charge in [0, 0.05) is 18.1 Å². The molecule has 3 N–H and O–H groups in total. The van der Waals surface area contributed by atoms with E-state index >= 15 is 0 Å². The Morgan fingerprint density at radius 2 is 1.97 bits per heavy atom. The number of nitrogen functional groups attached to an aromatic ring is 1. The number of rotatable bonds is 9. The molecule has 200 valence electrons. The Bertz CT molecular complexity index is 1180. The molecule has 13 nitrogen and oxygen atoms in total. The molecule has 37 heavy (non-hydrogen) atoms. The first-order valence-corrected chi connectivity index (χ1v) is 12.9. The summed E-state index contributed by atoms with van der Waals surface area (Å²) in [7, 11) is 1.27. The van der Waals surface area contributed by atoms with Crippen molar-refractivity contribution in [3.63, 3.8) is 0 Å². The smallest absolute Gasteiger partial charge is 0.431 e. The molecule has 1 fully saturated rings. The molecule has 1 aromatic heterocycles. The summed E-state index contributed by atoms with van der Waals surface area (Å²) in [6.07, 6.45) is -2.70. The van der Waals surface area contributed by atoms with E-state index in [9.17, 15) is 19.2 Å². The van der Waals surface area contributed by atoms with Crippen LogP contribution in [-0.2, 0) is 33.4 Å². The fourth-order valence-electron chi connectivity index (χ4n) is 3.42. The quantitative estimate of drug-likeness (QED) is 0.150. The largest absolute Gasteiger partial charge is 0.511 e. The highest BCUT2D eigenvalue weighted by Crippen LogP contribution is 2.42. The average Bonchev–Trinajstić information content (AvgIpc) is 3.24. The lowest BCUT2D eigenvalue weighted by Crippen LogP contribution is -2.71. The number of amides is 2. The molecule has 0 aromatic carbocycles. The van der Waals surface area contributed by atoms with Gasteiger partial charge in [-0.05, 0) is 26.3 Å². The van der Waals surface area contributed by atoms with Crippen LogP contribution in [0.25, 0.3) is 0 Å². The van der Waals surface area contributed by atoms with Crippen LogP contribution in [0.3, 0.4) is 0 Å². The third-order valence-electron chi connectivity index (χ3n) is 4.99. The second-order valence-corrected chi connectivity index (χ2v) is 10.2. The molecule has 0 spiro atoms. The van der Waals surface area contributed by atoms with Crippen molar-refractivity contribution < 1.29 is 38.2 Å². The molecule has 1 saturated heterocycles. The van der Waals surface area contributed by atoms with Crippen LogP contribution in [0, 0.1) is 0 Å². The molecular formula is C22H27N5O8S2. The first-order valence-electron chi connectivity index (χ1n) is 11.0. The molecule has 3 rings (SSSR count).